The summed E-state index contributed by atoms with van der Waals surface area (Å²) in [4.78, 5) is 13.6. The van der Waals surface area contributed by atoms with Crippen molar-refractivity contribution in [1.29, 1.82) is 0 Å². The Kier molecular flexibility index (Phi) is 5.33. The molecule has 0 bridgehead atoms. The number of rotatable bonds is 5. The van der Waals surface area contributed by atoms with Crippen molar-refractivity contribution in [3.8, 4) is 0 Å². The smallest absolute Gasteiger partial charge is 0.234 e. The summed E-state index contributed by atoms with van der Waals surface area (Å²) in [7, 11) is 0. The normalized spacial score (nSPS) is 22.6. The third kappa shape index (κ3) is 3.88. The highest BCUT2D eigenvalue weighted by molar-refractivity contribution is 7.99. The average Bonchev–Trinajstić information content (AvgIpc) is 2.53. The molecule has 1 unspecified atom stereocenters. The predicted molar refractivity (Wildman–Crippen MR) is 61.7 cm³/mol. The number of hydrogen-bond donors (Lipinski definition) is 1. The summed E-state index contributed by atoms with van der Waals surface area (Å²) in [5.41, 5.74) is 0. The largest absolute Gasteiger partial charge is 0.355 e. The highest BCUT2D eigenvalue weighted by Crippen LogP contribution is 2.21. The van der Waals surface area contributed by atoms with Gasteiger partial charge in [0.05, 0.1) is 6.54 Å². The second-order valence-electron chi connectivity index (χ2n) is 3.55. The fraction of sp³-hybridized carbons (Fsp3) is 0.900. The van der Waals surface area contributed by atoms with Crippen molar-refractivity contribution in [3.05, 3.63) is 0 Å². The number of likely N-dealkylation sites (tertiary alicyclic amines) is 1. The molecule has 3 nitrogen and oxygen atoms in total. The maximum atomic E-state index is 11.3. The molecule has 1 fully saturated rings. The van der Waals surface area contributed by atoms with Crippen LogP contribution in [0, 0.1) is 0 Å². The molecule has 0 aromatic carbocycles. The van der Waals surface area contributed by atoms with Gasteiger partial charge in [-0.3, -0.25) is 9.69 Å². The first kappa shape index (κ1) is 11.9. The van der Waals surface area contributed by atoms with Crippen LogP contribution in [0.15, 0.2) is 0 Å². The second kappa shape index (κ2) is 6.30. The number of hydrogen-bond acceptors (Lipinski definition) is 3. The molecule has 1 rings (SSSR count). The van der Waals surface area contributed by atoms with Gasteiger partial charge in [0.25, 0.3) is 0 Å². The molecular formula is C10H20N2OS. The van der Waals surface area contributed by atoms with Crippen molar-refractivity contribution in [2.24, 2.45) is 0 Å². The molecule has 82 valence electrons. The average molecular weight is 216 g/mol. The monoisotopic (exact) mass is 216 g/mol. The fourth-order valence-electron chi connectivity index (χ4n) is 1.77. The van der Waals surface area contributed by atoms with Gasteiger partial charge in [0, 0.05) is 18.3 Å². The summed E-state index contributed by atoms with van der Waals surface area (Å²) in [6, 6.07) is 0. The minimum absolute atomic E-state index is 0.162. The van der Waals surface area contributed by atoms with Crippen LogP contribution in [0.2, 0.25) is 0 Å². The van der Waals surface area contributed by atoms with E-state index in [0.717, 1.165) is 24.9 Å². The van der Waals surface area contributed by atoms with Crippen molar-refractivity contribution < 1.29 is 4.79 Å². The van der Waals surface area contributed by atoms with Crippen molar-refractivity contribution in [3.63, 3.8) is 0 Å². The van der Waals surface area contributed by atoms with Gasteiger partial charge in [0.2, 0.25) is 5.91 Å². The lowest BCUT2D eigenvalue weighted by molar-refractivity contribution is -0.121. The van der Waals surface area contributed by atoms with E-state index >= 15 is 0 Å². The van der Waals surface area contributed by atoms with E-state index in [0.29, 0.717) is 6.54 Å². The molecule has 0 radical (unpaired) electrons. The zero-order valence-corrected chi connectivity index (χ0v) is 9.90. The number of carbonyl (C=O) groups is 1. The third-order valence-corrected chi connectivity index (χ3v) is 3.56. The number of carbonyl (C=O) groups excluding carboxylic acids is 1. The zero-order valence-electron chi connectivity index (χ0n) is 9.08. The molecule has 1 aliphatic rings. The summed E-state index contributed by atoms with van der Waals surface area (Å²) in [6.07, 6.45) is 1.23. The molecule has 14 heavy (non-hydrogen) atoms. The van der Waals surface area contributed by atoms with E-state index in [9.17, 15) is 4.79 Å². The van der Waals surface area contributed by atoms with Gasteiger partial charge in [-0.2, -0.15) is 11.8 Å². The molecule has 4 heteroatoms. The molecule has 0 aliphatic carbocycles. The Morgan fingerprint density at radius 3 is 3.00 bits per heavy atom. The highest BCUT2D eigenvalue weighted by Gasteiger charge is 2.23. The van der Waals surface area contributed by atoms with Crippen LogP contribution in [-0.4, -0.2) is 48.0 Å². The summed E-state index contributed by atoms with van der Waals surface area (Å²) in [5.74, 6) is 1.34. The Hall–Kier alpha value is -0.220. The van der Waals surface area contributed by atoms with E-state index in [1.165, 1.54) is 12.2 Å². The van der Waals surface area contributed by atoms with Crippen molar-refractivity contribution >= 4 is 17.7 Å². The van der Waals surface area contributed by atoms with E-state index in [1.807, 2.05) is 18.7 Å². The summed E-state index contributed by atoms with van der Waals surface area (Å²) in [6.45, 7) is 7.62. The lowest BCUT2D eigenvalue weighted by atomic mass is 10.4. The molecule has 0 aromatic rings. The van der Waals surface area contributed by atoms with E-state index in [1.54, 1.807) is 0 Å². The van der Waals surface area contributed by atoms with Gasteiger partial charge in [-0.25, -0.2) is 0 Å². The summed E-state index contributed by atoms with van der Waals surface area (Å²) >= 11 is 2.01. The standard InChI is InChI=1S/C10H20N2OS/c1-3-11-10(13)8-12-6-5-9(7-12)14-4-2/h9H,3-8H2,1-2H3,(H,11,13). The van der Waals surface area contributed by atoms with Crippen molar-refractivity contribution in [2.75, 3.05) is 31.9 Å². The molecule has 0 aromatic heterocycles. The first-order valence-electron chi connectivity index (χ1n) is 5.37. The van der Waals surface area contributed by atoms with Gasteiger partial charge in [-0.15, -0.1) is 0 Å². The van der Waals surface area contributed by atoms with Crippen LogP contribution < -0.4 is 5.32 Å². The molecule has 1 N–H and O–H groups in total. The molecule has 1 saturated heterocycles. The maximum Gasteiger partial charge on any atom is 0.234 e. The Bertz CT molecular complexity index is 187. The third-order valence-electron chi connectivity index (χ3n) is 2.37. The lowest BCUT2D eigenvalue weighted by Gasteiger charge is -2.14. The van der Waals surface area contributed by atoms with Gasteiger partial charge in [0.1, 0.15) is 0 Å². The number of amides is 1. The SMILES string of the molecule is CCNC(=O)CN1CCC(SCC)C1. The Labute approximate surface area is 90.6 Å². The van der Waals surface area contributed by atoms with Crippen LogP contribution in [0.3, 0.4) is 0 Å². The van der Waals surface area contributed by atoms with Gasteiger partial charge < -0.3 is 5.32 Å². The first-order chi connectivity index (χ1) is 6.76. The van der Waals surface area contributed by atoms with Gasteiger partial charge in [-0.05, 0) is 25.6 Å². The number of likely N-dealkylation sites (N-methyl/N-ethyl adjacent to an activating group) is 1. The van der Waals surface area contributed by atoms with E-state index in [4.69, 9.17) is 0 Å². The minimum atomic E-state index is 0.162. The van der Waals surface area contributed by atoms with Crippen LogP contribution in [0.1, 0.15) is 20.3 Å². The van der Waals surface area contributed by atoms with E-state index < -0.39 is 0 Å². The Balaban J connectivity index is 2.18. The lowest BCUT2D eigenvalue weighted by Crippen LogP contribution is -2.36. The van der Waals surface area contributed by atoms with Crippen molar-refractivity contribution in [2.45, 2.75) is 25.5 Å². The quantitative estimate of drug-likeness (QED) is 0.742. The molecule has 1 aliphatic heterocycles. The molecule has 1 atom stereocenters. The van der Waals surface area contributed by atoms with Crippen LogP contribution in [0.5, 0.6) is 0 Å². The summed E-state index contributed by atoms with van der Waals surface area (Å²) < 4.78 is 0. The van der Waals surface area contributed by atoms with Crippen LogP contribution in [-0.2, 0) is 4.79 Å². The Morgan fingerprint density at radius 2 is 2.36 bits per heavy atom. The molecule has 0 saturated carbocycles. The van der Waals surface area contributed by atoms with Crippen molar-refractivity contribution in [1.82, 2.24) is 10.2 Å². The van der Waals surface area contributed by atoms with Crippen LogP contribution >= 0.6 is 11.8 Å². The number of thioether (sulfide) groups is 1. The topological polar surface area (TPSA) is 32.3 Å². The predicted octanol–water partition coefficient (Wildman–Crippen LogP) is 0.950. The van der Waals surface area contributed by atoms with Gasteiger partial charge >= 0.3 is 0 Å². The van der Waals surface area contributed by atoms with Gasteiger partial charge in [-0.1, -0.05) is 6.92 Å². The summed E-state index contributed by atoms with van der Waals surface area (Å²) in [5, 5.41) is 3.58. The molecule has 0 spiro atoms. The second-order valence-corrected chi connectivity index (χ2v) is 5.13. The first-order valence-corrected chi connectivity index (χ1v) is 6.41. The van der Waals surface area contributed by atoms with Crippen LogP contribution in [0.4, 0.5) is 0 Å². The highest BCUT2D eigenvalue weighted by atomic mass is 32.2. The minimum Gasteiger partial charge on any atom is -0.355 e. The van der Waals surface area contributed by atoms with E-state index in [-0.39, 0.29) is 5.91 Å². The zero-order chi connectivity index (χ0) is 10.4. The van der Waals surface area contributed by atoms with Gasteiger partial charge in [0.15, 0.2) is 0 Å². The fourth-order valence-corrected chi connectivity index (χ4v) is 2.83. The molecule has 1 amide bonds. The number of nitrogens with zero attached hydrogens (tertiary/aromatic N) is 1. The van der Waals surface area contributed by atoms with Crippen LogP contribution in [0.25, 0.3) is 0 Å². The number of nitrogens with one attached hydrogen (secondary N) is 1. The maximum absolute atomic E-state index is 11.3. The Morgan fingerprint density at radius 1 is 1.57 bits per heavy atom. The molecular weight excluding hydrogens is 196 g/mol. The van der Waals surface area contributed by atoms with E-state index in [2.05, 4.69) is 17.1 Å². The molecule has 1 heterocycles.